The van der Waals surface area contributed by atoms with Crippen LogP contribution in [0.2, 0.25) is 0 Å². The molecule has 3 N–H and O–H groups in total. The van der Waals surface area contributed by atoms with Crippen LogP contribution in [0, 0.1) is 6.92 Å². The van der Waals surface area contributed by atoms with Gasteiger partial charge in [0.1, 0.15) is 5.75 Å². The fourth-order valence-corrected chi connectivity index (χ4v) is 1.61. The zero-order chi connectivity index (χ0) is 13.0. The molecule has 1 aromatic carbocycles. The Bertz CT molecular complexity index is 402. The predicted molar refractivity (Wildman–Crippen MR) is 67.9 cm³/mol. The van der Waals surface area contributed by atoms with Crippen LogP contribution in [0.4, 0.5) is 0 Å². The number of methoxy groups -OCH3 is 1. The SMILES string of the molecule is COc1ccc(C)cc1C(C)NC(=O)C(C)N. The molecule has 94 valence electrons. The molecule has 0 spiro atoms. The van der Waals surface area contributed by atoms with Crippen LogP contribution in [-0.2, 0) is 4.79 Å². The summed E-state index contributed by atoms with van der Waals surface area (Å²) in [6.07, 6.45) is 0. The van der Waals surface area contributed by atoms with Crippen LogP contribution in [0.3, 0.4) is 0 Å². The highest BCUT2D eigenvalue weighted by atomic mass is 16.5. The first-order valence-corrected chi connectivity index (χ1v) is 5.66. The van der Waals surface area contributed by atoms with E-state index in [4.69, 9.17) is 10.5 Å². The van der Waals surface area contributed by atoms with Crippen molar-refractivity contribution in [3.05, 3.63) is 29.3 Å². The van der Waals surface area contributed by atoms with Gasteiger partial charge in [0.25, 0.3) is 0 Å². The molecule has 4 heteroatoms. The van der Waals surface area contributed by atoms with Crippen molar-refractivity contribution in [2.75, 3.05) is 7.11 Å². The van der Waals surface area contributed by atoms with Gasteiger partial charge in [-0.15, -0.1) is 0 Å². The van der Waals surface area contributed by atoms with E-state index in [2.05, 4.69) is 5.32 Å². The molecule has 0 aliphatic rings. The van der Waals surface area contributed by atoms with Gasteiger partial charge in [0.05, 0.1) is 19.2 Å². The summed E-state index contributed by atoms with van der Waals surface area (Å²) in [6.45, 7) is 5.58. The maximum Gasteiger partial charge on any atom is 0.237 e. The van der Waals surface area contributed by atoms with Crippen molar-refractivity contribution < 1.29 is 9.53 Å². The van der Waals surface area contributed by atoms with Crippen molar-refractivity contribution in [2.45, 2.75) is 32.9 Å². The quantitative estimate of drug-likeness (QED) is 0.833. The third-order valence-corrected chi connectivity index (χ3v) is 2.62. The molecule has 2 atom stereocenters. The Morgan fingerprint density at radius 3 is 2.59 bits per heavy atom. The average molecular weight is 236 g/mol. The second-order valence-electron chi connectivity index (χ2n) is 4.26. The van der Waals surface area contributed by atoms with E-state index in [-0.39, 0.29) is 11.9 Å². The standard InChI is InChI=1S/C13H20N2O2/c1-8-5-6-12(17-4)11(7-8)10(3)15-13(16)9(2)14/h5-7,9-10H,14H2,1-4H3,(H,15,16). The fourth-order valence-electron chi connectivity index (χ4n) is 1.61. The number of carbonyl (C=O) groups excluding carboxylic acids is 1. The highest BCUT2D eigenvalue weighted by Crippen LogP contribution is 2.25. The molecule has 0 saturated heterocycles. The van der Waals surface area contributed by atoms with Crippen molar-refractivity contribution >= 4 is 5.91 Å². The molecular weight excluding hydrogens is 216 g/mol. The Morgan fingerprint density at radius 1 is 1.41 bits per heavy atom. The third kappa shape index (κ3) is 3.46. The van der Waals surface area contributed by atoms with Gasteiger partial charge in [-0.05, 0) is 26.8 Å². The van der Waals surface area contributed by atoms with E-state index < -0.39 is 6.04 Å². The van der Waals surface area contributed by atoms with Gasteiger partial charge in [0.15, 0.2) is 0 Å². The Kier molecular flexibility index (Phi) is 4.52. The van der Waals surface area contributed by atoms with Gasteiger partial charge in [-0.3, -0.25) is 4.79 Å². The highest BCUT2D eigenvalue weighted by Gasteiger charge is 2.16. The van der Waals surface area contributed by atoms with E-state index in [0.717, 1.165) is 16.9 Å². The number of carbonyl (C=O) groups is 1. The summed E-state index contributed by atoms with van der Waals surface area (Å²) in [5.74, 6) is 0.606. The number of amides is 1. The molecule has 17 heavy (non-hydrogen) atoms. The fraction of sp³-hybridized carbons (Fsp3) is 0.462. The number of benzene rings is 1. The zero-order valence-corrected chi connectivity index (χ0v) is 10.8. The summed E-state index contributed by atoms with van der Waals surface area (Å²) in [5.41, 5.74) is 7.61. The number of rotatable bonds is 4. The summed E-state index contributed by atoms with van der Waals surface area (Å²) in [7, 11) is 1.62. The van der Waals surface area contributed by atoms with Crippen LogP contribution in [-0.4, -0.2) is 19.1 Å². The minimum atomic E-state index is -0.506. The van der Waals surface area contributed by atoms with E-state index in [1.54, 1.807) is 14.0 Å². The van der Waals surface area contributed by atoms with E-state index in [1.807, 2.05) is 32.0 Å². The smallest absolute Gasteiger partial charge is 0.237 e. The predicted octanol–water partition coefficient (Wildman–Crippen LogP) is 1.53. The number of nitrogens with two attached hydrogens (primary N) is 1. The molecule has 1 aromatic rings. The molecule has 2 unspecified atom stereocenters. The normalized spacial score (nSPS) is 13.9. The Balaban J connectivity index is 2.91. The molecule has 0 saturated carbocycles. The Labute approximate surface area is 102 Å². The van der Waals surface area contributed by atoms with Gasteiger partial charge in [0.2, 0.25) is 5.91 Å². The van der Waals surface area contributed by atoms with Gasteiger partial charge < -0.3 is 15.8 Å². The Hall–Kier alpha value is -1.55. The lowest BCUT2D eigenvalue weighted by atomic mass is 10.0. The minimum absolute atomic E-state index is 0.122. The largest absolute Gasteiger partial charge is 0.496 e. The molecule has 0 radical (unpaired) electrons. The second-order valence-corrected chi connectivity index (χ2v) is 4.26. The van der Waals surface area contributed by atoms with E-state index in [1.165, 1.54) is 0 Å². The lowest BCUT2D eigenvalue weighted by Gasteiger charge is -2.19. The van der Waals surface area contributed by atoms with Gasteiger partial charge in [-0.1, -0.05) is 17.7 Å². The van der Waals surface area contributed by atoms with E-state index >= 15 is 0 Å². The molecule has 0 heterocycles. The van der Waals surface area contributed by atoms with Crippen molar-refractivity contribution in [3.8, 4) is 5.75 Å². The monoisotopic (exact) mass is 236 g/mol. The molecule has 0 aromatic heterocycles. The molecular formula is C13H20N2O2. The molecule has 4 nitrogen and oxygen atoms in total. The zero-order valence-electron chi connectivity index (χ0n) is 10.8. The second kappa shape index (κ2) is 5.68. The lowest BCUT2D eigenvalue weighted by molar-refractivity contribution is -0.122. The first-order chi connectivity index (χ1) is 7.95. The number of hydrogen-bond donors (Lipinski definition) is 2. The van der Waals surface area contributed by atoms with Crippen LogP contribution in [0.25, 0.3) is 0 Å². The molecule has 0 aliphatic heterocycles. The van der Waals surface area contributed by atoms with Crippen molar-refractivity contribution in [3.63, 3.8) is 0 Å². The maximum absolute atomic E-state index is 11.5. The van der Waals surface area contributed by atoms with Crippen LogP contribution in [0.5, 0.6) is 5.75 Å². The van der Waals surface area contributed by atoms with Crippen molar-refractivity contribution in [1.82, 2.24) is 5.32 Å². The van der Waals surface area contributed by atoms with Crippen LogP contribution < -0.4 is 15.8 Å². The number of hydrogen-bond acceptors (Lipinski definition) is 3. The molecule has 1 rings (SSSR count). The van der Waals surface area contributed by atoms with Gasteiger partial charge in [-0.25, -0.2) is 0 Å². The number of ether oxygens (including phenoxy) is 1. The first-order valence-electron chi connectivity index (χ1n) is 5.66. The number of nitrogens with one attached hydrogen (secondary N) is 1. The van der Waals surface area contributed by atoms with Crippen LogP contribution in [0.1, 0.15) is 31.0 Å². The van der Waals surface area contributed by atoms with Gasteiger partial charge in [-0.2, -0.15) is 0 Å². The third-order valence-electron chi connectivity index (χ3n) is 2.62. The summed E-state index contributed by atoms with van der Waals surface area (Å²) in [6, 6.07) is 5.25. The highest BCUT2D eigenvalue weighted by molar-refractivity contribution is 5.81. The van der Waals surface area contributed by atoms with E-state index in [9.17, 15) is 4.79 Å². The number of aryl methyl sites for hydroxylation is 1. The van der Waals surface area contributed by atoms with Crippen LogP contribution >= 0.6 is 0 Å². The van der Waals surface area contributed by atoms with Crippen molar-refractivity contribution in [2.24, 2.45) is 5.73 Å². The first kappa shape index (κ1) is 13.5. The maximum atomic E-state index is 11.5. The van der Waals surface area contributed by atoms with Gasteiger partial charge >= 0.3 is 0 Å². The summed E-state index contributed by atoms with van der Waals surface area (Å²) in [4.78, 5) is 11.5. The van der Waals surface area contributed by atoms with E-state index in [0.29, 0.717) is 0 Å². The summed E-state index contributed by atoms with van der Waals surface area (Å²) < 4.78 is 5.28. The minimum Gasteiger partial charge on any atom is -0.496 e. The topological polar surface area (TPSA) is 64.3 Å². The summed E-state index contributed by atoms with van der Waals surface area (Å²) >= 11 is 0. The molecule has 0 fully saturated rings. The van der Waals surface area contributed by atoms with Crippen molar-refractivity contribution in [1.29, 1.82) is 0 Å². The lowest BCUT2D eigenvalue weighted by Crippen LogP contribution is -2.39. The van der Waals surface area contributed by atoms with Crippen LogP contribution in [0.15, 0.2) is 18.2 Å². The average Bonchev–Trinajstić information content (AvgIpc) is 2.28. The summed E-state index contributed by atoms with van der Waals surface area (Å²) in [5, 5.41) is 2.85. The molecule has 0 aliphatic carbocycles. The Morgan fingerprint density at radius 2 is 2.06 bits per heavy atom. The molecule has 0 bridgehead atoms. The molecule has 1 amide bonds. The van der Waals surface area contributed by atoms with Gasteiger partial charge in [0, 0.05) is 5.56 Å².